The van der Waals surface area contributed by atoms with Crippen LogP contribution < -0.4 is 10.5 Å². The highest BCUT2D eigenvalue weighted by molar-refractivity contribution is 5.76. The average molecular weight is 410 g/mol. The molecule has 0 bridgehead atoms. The Bertz CT molecular complexity index is 911. The lowest BCUT2D eigenvalue weighted by Crippen LogP contribution is -2.09. The number of hydrogen-bond acceptors (Lipinski definition) is 5. The van der Waals surface area contributed by atoms with E-state index in [0.717, 1.165) is 23.1 Å². The van der Waals surface area contributed by atoms with E-state index in [2.05, 4.69) is 0 Å². The molecule has 0 aliphatic carbocycles. The van der Waals surface area contributed by atoms with E-state index < -0.39 is 0 Å². The molecule has 0 amide bonds. The van der Waals surface area contributed by atoms with Crippen LogP contribution in [0.15, 0.2) is 66.1 Å². The fourth-order valence-corrected chi connectivity index (χ4v) is 3.08. The number of allylic oxidation sites excluding steroid dienone is 4. The molecule has 0 saturated carbocycles. The first kappa shape index (κ1) is 23.2. The van der Waals surface area contributed by atoms with E-state index in [1.54, 1.807) is 13.8 Å². The van der Waals surface area contributed by atoms with Crippen LogP contribution in [-0.2, 0) is 22.4 Å². The molecule has 0 unspecified atom stereocenters. The average Bonchev–Trinajstić information content (AvgIpc) is 2.72. The van der Waals surface area contributed by atoms with E-state index in [9.17, 15) is 9.90 Å². The summed E-state index contributed by atoms with van der Waals surface area (Å²) in [4.78, 5) is 11.9. The van der Waals surface area contributed by atoms with Gasteiger partial charge in [-0.15, -0.1) is 0 Å². The molecule has 0 atom stereocenters. The third kappa shape index (κ3) is 6.78. The van der Waals surface area contributed by atoms with Crippen LogP contribution >= 0.6 is 0 Å². The summed E-state index contributed by atoms with van der Waals surface area (Å²) in [6.45, 7) is 6.33. The lowest BCUT2D eigenvalue weighted by atomic mass is 10.00. The molecule has 0 radical (unpaired) electrons. The molecule has 2 rings (SSSR count). The number of para-hydroxylation sites is 1. The van der Waals surface area contributed by atoms with Crippen LogP contribution in [0, 0.1) is 0 Å². The van der Waals surface area contributed by atoms with E-state index >= 15 is 0 Å². The second-order valence-electron chi connectivity index (χ2n) is 6.89. The number of aliphatic hydroxyl groups is 1. The Labute approximate surface area is 178 Å². The maximum atomic E-state index is 11.9. The topological polar surface area (TPSA) is 81.8 Å². The van der Waals surface area contributed by atoms with Crippen LogP contribution in [0.5, 0.6) is 5.75 Å². The highest BCUT2D eigenvalue weighted by Crippen LogP contribution is 2.27. The van der Waals surface area contributed by atoms with Crippen LogP contribution in [0.3, 0.4) is 0 Å². The van der Waals surface area contributed by atoms with Crippen molar-refractivity contribution in [3.63, 3.8) is 0 Å². The SMILES string of the molecule is CCOC(=O)Cc1ccccc1O/C(=C/C(=C(\C)O)c1cccc(CCN)c1)CC. The number of rotatable bonds is 10. The summed E-state index contributed by atoms with van der Waals surface area (Å²) in [5, 5.41) is 10.3. The van der Waals surface area contributed by atoms with Crippen molar-refractivity contribution in [2.75, 3.05) is 13.2 Å². The molecule has 0 fully saturated rings. The summed E-state index contributed by atoms with van der Waals surface area (Å²) >= 11 is 0. The Kier molecular flexibility index (Phi) is 9.16. The number of benzene rings is 2. The molecule has 0 aliphatic rings. The van der Waals surface area contributed by atoms with Gasteiger partial charge in [0.2, 0.25) is 0 Å². The quantitative estimate of drug-likeness (QED) is 0.329. The molecular formula is C25H31NO4. The largest absolute Gasteiger partial charge is 0.512 e. The Morgan fingerprint density at radius 2 is 1.90 bits per heavy atom. The fraction of sp³-hybridized carbons (Fsp3) is 0.320. The number of carbonyl (C=O) groups is 1. The van der Waals surface area contributed by atoms with E-state index in [4.69, 9.17) is 15.2 Å². The predicted octanol–water partition coefficient (Wildman–Crippen LogP) is 4.96. The second-order valence-corrected chi connectivity index (χ2v) is 6.89. The lowest BCUT2D eigenvalue weighted by Gasteiger charge is -2.14. The molecule has 2 aromatic carbocycles. The van der Waals surface area contributed by atoms with Crippen molar-refractivity contribution in [3.8, 4) is 5.75 Å². The van der Waals surface area contributed by atoms with Gasteiger partial charge in [0.15, 0.2) is 0 Å². The van der Waals surface area contributed by atoms with E-state index in [1.807, 2.05) is 61.5 Å². The highest BCUT2D eigenvalue weighted by Gasteiger charge is 2.12. The predicted molar refractivity (Wildman–Crippen MR) is 120 cm³/mol. The number of nitrogens with two attached hydrogens (primary N) is 1. The normalized spacial score (nSPS) is 12.3. The Morgan fingerprint density at radius 3 is 2.57 bits per heavy atom. The molecule has 5 heteroatoms. The summed E-state index contributed by atoms with van der Waals surface area (Å²) in [6.07, 6.45) is 3.38. The molecule has 0 spiro atoms. The molecule has 5 nitrogen and oxygen atoms in total. The molecule has 0 heterocycles. The van der Waals surface area contributed by atoms with Gasteiger partial charge < -0.3 is 20.3 Å². The summed E-state index contributed by atoms with van der Waals surface area (Å²) in [7, 11) is 0. The number of carbonyl (C=O) groups excluding carboxylic acids is 1. The zero-order chi connectivity index (χ0) is 21.9. The zero-order valence-electron chi connectivity index (χ0n) is 18.0. The maximum absolute atomic E-state index is 11.9. The van der Waals surface area contributed by atoms with Crippen LogP contribution in [-0.4, -0.2) is 24.2 Å². The van der Waals surface area contributed by atoms with Gasteiger partial charge in [0.25, 0.3) is 0 Å². The standard InChI is InChI=1S/C25H31NO4/c1-4-22(30-24-12-7-6-10-21(24)16-25(28)29-5-2)17-23(18(3)27)20-11-8-9-19(15-20)13-14-26/h6-12,15,17,27H,4-5,13-14,16,26H2,1-3H3/b22-17+,23-18-. The van der Waals surface area contributed by atoms with Crippen molar-refractivity contribution in [1.29, 1.82) is 0 Å². The van der Waals surface area contributed by atoms with Gasteiger partial charge in [-0.3, -0.25) is 4.79 Å². The van der Waals surface area contributed by atoms with Gasteiger partial charge in [-0.25, -0.2) is 0 Å². The van der Waals surface area contributed by atoms with E-state index in [-0.39, 0.29) is 18.1 Å². The Morgan fingerprint density at radius 1 is 1.13 bits per heavy atom. The zero-order valence-corrected chi connectivity index (χ0v) is 18.0. The molecule has 30 heavy (non-hydrogen) atoms. The number of aliphatic hydroxyl groups excluding tert-OH is 1. The first-order chi connectivity index (χ1) is 14.5. The molecule has 3 N–H and O–H groups in total. The minimum absolute atomic E-state index is 0.143. The molecule has 0 saturated heterocycles. The fourth-order valence-electron chi connectivity index (χ4n) is 3.08. The third-order valence-corrected chi connectivity index (χ3v) is 4.57. The molecule has 2 aromatic rings. The monoisotopic (exact) mass is 409 g/mol. The van der Waals surface area contributed by atoms with Crippen LogP contribution in [0.2, 0.25) is 0 Å². The van der Waals surface area contributed by atoms with Crippen molar-refractivity contribution in [2.45, 2.75) is 40.0 Å². The second kappa shape index (κ2) is 11.8. The number of hydrogen-bond donors (Lipinski definition) is 2. The van der Waals surface area contributed by atoms with Gasteiger partial charge in [-0.2, -0.15) is 0 Å². The highest BCUT2D eigenvalue weighted by atomic mass is 16.5. The first-order valence-electron chi connectivity index (χ1n) is 10.3. The molecular weight excluding hydrogens is 378 g/mol. The molecule has 160 valence electrons. The van der Waals surface area contributed by atoms with E-state index in [1.165, 1.54) is 0 Å². The lowest BCUT2D eigenvalue weighted by molar-refractivity contribution is -0.142. The minimum atomic E-state index is -0.293. The van der Waals surface area contributed by atoms with E-state index in [0.29, 0.717) is 36.7 Å². The maximum Gasteiger partial charge on any atom is 0.310 e. The van der Waals surface area contributed by atoms with Crippen molar-refractivity contribution in [1.82, 2.24) is 0 Å². The minimum Gasteiger partial charge on any atom is -0.512 e. The summed E-state index contributed by atoms with van der Waals surface area (Å²) in [6, 6.07) is 15.4. The van der Waals surface area contributed by atoms with Gasteiger partial charge in [0.05, 0.1) is 18.8 Å². The molecule has 0 aromatic heterocycles. The number of ether oxygens (including phenoxy) is 2. The van der Waals surface area contributed by atoms with Crippen molar-refractivity contribution in [3.05, 3.63) is 82.8 Å². The van der Waals surface area contributed by atoms with Crippen LogP contribution in [0.4, 0.5) is 0 Å². The van der Waals surface area contributed by atoms with Crippen LogP contribution in [0.1, 0.15) is 43.9 Å². The van der Waals surface area contributed by atoms with Crippen molar-refractivity contribution in [2.24, 2.45) is 5.73 Å². The Balaban J connectivity index is 2.33. The van der Waals surface area contributed by atoms with Crippen molar-refractivity contribution >= 4 is 11.5 Å². The Hall–Kier alpha value is -3.05. The van der Waals surface area contributed by atoms with Gasteiger partial charge in [0.1, 0.15) is 11.5 Å². The summed E-state index contributed by atoms with van der Waals surface area (Å²) in [5.41, 5.74) is 9.13. The first-order valence-corrected chi connectivity index (χ1v) is 10.3. The summed E-state index contributed by atoms with van der Waals surface area (Å²) < 4.78 is 11.2. The summed E-state index contributed by atoms with van der Waals surface area (Å²) in [5.74, 6) is 1.19. The third-order valence-electron chi connectivity index (χ3n) is 4.57. The van der Waals surface area contributed by atoms with Gasteiger partial charge in [-0.05, 0) is 50.1 Å². The smallest absolute Gasteiger partial charge is 0.310 e. The van der Waals surface area contributed by atoms with Crippen molar-refractivity contribution < 1.29 is 19.4 Å². The van der Waals surface area contributed by atoms with Gasteiger partial charge in [0, 0.05) is 17.6 Å². The molecule has 0 aliphatic heterocycles. The number of esters is 1. The van der Waals surface area contributed by atoms with Gasteiger partial charge >= 0.3 is 5.97 Å². The van der Waals surface area contributed by atoms with Gasteiger partial charge in [-0.1, -0.05) is 49.4 Å². The van der Waals surface area contributed by atoms with Crippen LogP contribution in [0.25, 0.3) is 5.57 Å².